The van der Waals surface area contributed by atoms with Gasteiger partial charge in [0.1, 0.15) is 5.75 Å². The molecule has 46 heavy (non-hydrogen) atoms. The first-order valence-electron chi connectivity index (χ1n) is 16.4. The first kappa shape index (κ1) is 30.6. The van der Waals surface area contributed by atoms with Crippen LogP contribution in [0.5, 0.6) is 5.75 Å². The fourth-order valence-electron chi connectivity index (χ4n) is 7.77. The lowest BCUT2D eigenvalue weighted by atomic mass is 9.92. The van der Waals surface area contributed by atoms with Gasteiger partial charge in [-0.2, -0.15) is 0 Å². The first-order valence-corrected chi connectivity index (χ1v) is 16.8. The van der Waals surface area contributed by atoms with Crippen LogP contribution in [0.25, 0.3) is 11.1 Å². The van der Waals surface area contributed by atoms with Crippen molar-refractivity contribution in [2.75, 3.05) is 31.6 Å². The Balaban J connectivity index is 1.24. The number of rotatable bonds is 6. The Kier molecular flexibility index (Phi) is 8.62. The molecule has 2 amide bonds. The largest absolute Gasteiger partial charge is 0.496 e. The van der Waals surface area contributed by atoms with Gasteiger partial charge >= 0.3 is 0 Å². The molecular formula is C38H41ClN4O3. The van der Waals surface area contributed by atoms with Crippen LogP contribution in [0.15, 0.2) is 72.8 Å². The molecule has 2 saturated heterocycles. The van der Waals surface area contributed by atoms with Gasteiger partial charge in [-0.1, -0.05) is 60.5 Å². The number of hydrogen-bond donors (Lipinski definition) is 0. The van der Waals surface area contributed by atoms with E-state index in [0.717, 1.165) is 78.2 Å². The summed E-state index contributed by atoms with van der Waals surface area (Å²) in [5.41, 5.74) is 7.44. The van der Waals surface area contributed by atoms with Gasteiger partial charge in [-0.3, -0.25) is 9.59 Å². The number of piperidine rings is 2. The monoisotopic (exact) mass is 636 g/mol. The van der Waals surface area contributed by atoms with Crippen molar-refractivity contribution in [1.82, 2.24) is 14.4 Å². The van der Waals surface area contributed by atoms with Gasteiger partial charge in [0, 0.05) is 46.8 Å². The number of aromatic nitrogens is 1. The van der Waals surface area contributed by atoms with E-state index in [1.165, 1.54) is 19.3 Å². The molecule has 2 unspecified atom stereocenters. The zero-order chi connectivity index (χ0) is 31.8. The molecule has 0 saturated carbocycles. The molecular weight excluding hydrogens is 596 g/mol. The van der Waals surface area contributed by atoms with E-state index < -0.39 is 0 Å². The number of aryl methyl sites for hydroxylation is 1. The predicted octanol–water partition coefficient (Wildman–Crippen LogP) is 7.48. The van der Waals surface area contributed by atoms with E-state index in [0.29, 0.717) is 35.5 Å². The topological polar surface area (TPSA) is 58.0 Å². The SMILES string of the molecule is COc1cc(-c2ccccc2C)c(Cl)cc1C(=O)N1Cc2ccc(C3CC(N4CCCCC4)CCN3C=O)n2Cc2ccccc21. The van der Waals surface area contributed by atoms with E-state index in [1.807, 2.05) is 65.3 Å². The average molecular weight is 637 g/mol. The van der Waals surface area contributed by atoms with Crippen molar-refractivity contribution in [2.45, 2.75) is 64.2 Å². The summed E-state index contributed by atoms with van der Waals surface area (Å²) in [5, 5.41) is 0.502. The quantitative estimate of drug-likeness (QED) is 0.206. The van der Waals surface area contributed by atoms with Crippen LogP contribution < -0.4 is 9.64 Å². The molecule has 0 aliphatic carbocycles. The maximum Gasteiger partial charge on any atom is 0.262 e. The number of benzene rings is 3. The third kappa shape index (κ3) is 5.60. The van der Waals surface area contributed by atoms with Crippen LogP contribution in [0.2, 0.25) is 5.02 Å². The molecule has 3 aliphatic rings. The molecule has 238 valence electrons. The number of carbonyl (C=O) groups excluding carboxylic acids is 2. The summed E-state index contributed by atoms with van der Waals surface area (Å²) in [6, 6.07) is 24.5. The third-order valence-electron chi connectivity index (χ3n) is 10.2. The summed E-state index contributed by atoms with van der Waals surface area (Å²) < 4.78 is 8.15. The highest BCUT2D eigenvalue weighted by molar-refractivity contribution is 6.34. The van der Waals surface area contributed by atoms with E-state index >= 15 is 0 Å². The molecule has 3 aliphatic heterocycles. The Hall–Kier alpha value is -4.07. The highest BCUT2D eigenvalue weighted by atomic mass is 35.5. The Labute approximate surface area is 276 Å². The van der Waals surface area contributed by atoms with Crippen molar-refractivity contribution in [2.24, 2.45) is 0 Å². The molecule has 7 rings (SSSR count). The summed E-state index contributed by atoms with van der Waals surface area (Å²) in [5.74, 6) is 0.314. The zero-order valence-corrected chi connectivity index (χ0v) is 27.4. The van der Waals surface area contributed by atoms with Crippen LogP contribution in [-0.4, -0.2) is 59.5 Å². The van der Waals surface area contributed by atoms with Gasteiger partial charge in [0.15, 0.2) is 0 Å². The molecule has 2 atom stereocenters. The van der Waals surface area contributed by atoms with Crippen molar-refractivity contribution < 1.29 is 14.3 Å². The number of hydrogen-bond acceptors (Lipinski definition) is 4. The standard InChI is InChI=1S/C38H41ClN4O3/c1-26-10-4-6-12-30(26)31-22-37(46-2)32(21-33(31)39)38(45)43-24-29-14-15-35(42(29)23-27-11-5-7-13-34(27)43)36-20-28(16-19-41(36)25-44)40-17-8-3-9-18-40/h4-7,10-15,21-22,25,28,36H,3,8-9,16-20,23-24H2,1-2H3. The molecule has 7 nitrogen and oxygen atoms in total. The minimum absolute atomic E-state index is 0.00534. The molecule has 4 aromatic rings. The predicted molar refractivity (Wildman–Crippen MR) is 183 cm³/mol. The van der Waals surface area contributed by atoms with E-state index in [4.69, 9.17) is 16.3 Å². The van der Waals surface area contributed by atoms with Crippen LogP contribution >= 0.6 is 11.6 Å². The van der Waals surface area contributed by atoms with Gasteiger partial charge in [0.25, 0.3) is 5.91 Å². The number of ether oxygens (including phenoxy) is 1. The van der Waals surface area contributed by atoms with Gasteiger partial charge in [0.2, 0.25) is 6.41 Å². The number of anilines is 1. The normalized spacial score (nSPS) is 20.1. The number of carbonyl (C=O) groups is 2. The second kappa shape index (κ2) is 13.0. The molecule has 0 bridgehead atoms. The van der Waals surface area contributed by atoms with Crippen molar-refractivity contribution in [3.8, 4) is 16.9 Å². The van der Waals surface area contributed by atoms with Crippen molar-refractivity contribution in [3.05, 3.63) is 106 Å². The summed E-state index contributed by atoms with van der Waals surface area (Å²) in [6.45, 7) is 6.11. The molecule has 1 aromatic heterocycles. The first-order chi connectivity index (χ1) is 22.5. The lowest BCUT2D eigenvalue weighted by Gasteiger charge is -2.43. The number of halogens is 1. The summed E-state index contributed by atoms with van der Waals surface area (Å²) in [4.78, 5) is 33.3. The van der Waals surface area contributed by atoms with Gasteiger partial charge in [-0.25, -0.2) is 0 Å². The highest BCUT2D eigenvalue weighted by Gasteiger charge is 2.36. The Bertz CT molecular complexity index is 1760. The van der Waals surface area contributed by atoms with Crippen LogP contribution in [0.1, 0.15) is 71.0 Å². The summed E-state index contributed by atoms with van der Waals surface area (Å²) >= 11 is 6.88. The average Bonchev–Trinajstić information content (AvgIpc) is 3.40. The van der Waals surface area contributed by atoms with Gasteiger partial charge in [0.05, 0.1) is 25.3 Å². The molecule has 0 N–H and O–H groups in total. The number of amides is 2. The van der Waals surface area contributed by atoms with Crippen LogP contribution in [-0.2, 0) is 17.9 Å². The van der Waals surface area contributed by atoms with Crippen molar-refractivity contribution in [1.29, 1.82) is 0 Å². The van der Waals surface area contributed by atoms with Crippen molar-refractivity contribution >= 4 is 29.6 Å². The van der Waals surface area contributed by atoms with Crippen LogP contribution in [0, 0.1) is 6.92 Å². The number of nitrogens with zero attached hydrogens (tertiary/aromatic N) is 4. The number of fused-ring (bicyclic) bond motifs is 2. The molecule has 2 fully saturated rings. The number of methoxy groups -OCH3 is 1. The molecule has 0 radical (unpaired) electrons. The summed E-state index contributed by atoms with van der Waals surface area (Å²) in [7, 11) is 1.59. The lowest BCUT2D eigenvalue weighted by molar-refractivity contribution is -0.122. The Morgan fingerprint density at radius 1 is 0.913 bits per heavy atom. The van der Waals surface area contributed by atoms with Crippen LogP contribution in [0.4, 0.5) is 5.69 Å². The molecule has 3 aromatic carbocycles. The van der Waals surface area contributed by atoms with Gasteiger partial charge < -0.3 is 24.0 Å². The molecule has 4 heterocycles. The summed E-state index contributed by atoms with van der Waals surface area (Å²) in [6.07, 6.45) is 6.78. The van der Waals surface area contributed by atoms with Crippen LogP contribution in [0.3, 0.4) is 0 Å². The third-order valence-corrected chi connectivity index (χ3v) is 10.5. The molecule has 0 spiro atoms. The minimum atomic E-state index is -0.170. The number of para-hydroxylation sites is 1. The van der Waals surface area contributed by atoms with E-state index in [-0.39, 0.29) is 11.9 Å². The van der Waals surface area contributed by atoms with E-state index in [1.54, 1.807) is 13.2 Å². The Morgan fingerprint density at radius 2 is 1.70 bits per heavy atom. The van der Waals surface area contributed by atoms with E-state index in [9.17, 15) is 9.59 Å². The molecule has 8 heteroatoms. The Morgan fingerprint density at radius 3 is 2.48 bits per heavy atom. The van der Waals surface area contributed by atoms with Gasteiger partial charge in [-0.05, 0) is 92.7 Å². The minimum Gasteiger partial charge on any atom is -0.496 e. The lowest BCUT2D eigenvalue weighted by Crippen LogP contribution is -2.48. The van der Waals surface area contributed by atoms with E-state index in [2.05, 4.69) is 27.7 Å². The van der Waals surface area contributed by atoms with Gasteiger partial charge in [-0.15, -0.1) is 0 Å². The maximum atomic E-state index is 14.5. The smallest absolute Gasteiger partial charge is 0.262 e. The fourth-order valence-corrected chi connectivity index (χ4v) is 8.03. The zero-order valence-electron chi connectivity index (χ0n) is 26.6. The maximum absolute atomic E-state index is 14.5. The number of likely N-dealkylation sites (tertiary alicyclic amines) is 2. The second-order valence-electron chi connectivity index (χ2n) is 12.8. The highest BCUT2D eigenvalue weighted by Crippen LogP contribution is 2.40. The second-order valence-corrected chi connectivity index (χ2v) is 13.2. The fraction of sp³-hybridized carbons (Fsp3) is 0.368. The van der Waals surface area contributed by atoms with Crippen molar-refractivity contribution in [3.63, 3.8) is 0 Å².